The molecule has 0 bridgehead atoms. The molecule has 0 aromatic heterocycles. The topological polar surface area (TPSA) is 173 Å². The molecule has 0 N–H and O–H groups in total. The summed E-state index contributed by atoms with van der Waals surface area (Å²) >= 11 is 13.7. The minimum absolute atomic E-state index is 0.0518. The van der Waals surface area contributed by atoms with Crippen LogP contribution in [0, 0.1) is 40.5 Å². The van der Waals surface area contributed by atoms with Crippen molar-refractivity contribution in [1.82, 2.24) is 0 Å². The molecule has 2 aliphatic rings. The number of nitro benzene ring substituents is 4. The van der Waals surface area contributed by atoms with E-state index in [1.165, 1.54) is 12.1 Å². The van der Waals surface area contributed by atoms with Crippen molar-refractivity contribution in [3.05, 3.63) is 75.8 Å². The predicted molar refractivity (Wildman–Crippen MR) is 145 cm³/mol. The molecule has 2 aromatic carbocycles. The van der Waals surface area contributed by atoms with Gasteiger partial charge in [0.1, 0.15) is 11.1 Å². The molecule has 12 nitrogen and oxygen atoms in total. The summed E-state index contributed by atoms with van der Waals surface area (Å²) in [4.78, 5) is 45.5. The van der Waals surface area contributed by atoms with Crippen LogP contribution in [0.3, 0.4) is 0 Å². The van der Waals surface area contributed by atoms with E-state index in [0.717, 1.165) is 25.0 Å². The fourth-order valence-corrected chi connectivity index (χ4v) is 7.57. The highest BCUT2D eigenvalue weighted by atomic mass is 35.5. The third-order valence-electron chi connectivity index (χ3n) is 7.40. The van der Waals surface area contributed by atoms with Gasteiger partial charge in [0.05, 0.1) is 29.5 Å². The van der Waals surface area contributed by atoms with Crippen molar-refractivity contribution in [2.24, 2.45) is 0 Å². The summed E-state index contributed by atoms with van der Waals surface area (Å²) < 4.78 is 0. The smallest absolute Gasteiger partial charge is 0.258 e. The zero-order chi connectivity index (χ0) is 28.4. The first kappa shape index (κ1) is 29.0. The molecule has 2 aromatic rings. The first-order chi connectivity index (χ1) is 18.5. The second-order valence-corrected chi connectivity index (χ2v) is 11.8. The number of nitro groups is 4. The first-order valence-corrected chi connectivity index (χ1v) is 14.1. The number of alkyl halides is 2. The van der Waals surface area contributed by atoms with Crippen LogP contribution >= 0.6 is 35.0 Å². The van der Waals surface area contributed by atoms with E-state index in [4.69, 9.17) is 23.2 Å². The summed E-state index contributed by atoms with van der Waals surface area (Å²) in [5.74, 6) is -1.30. The summed E-state index contributed by atoms with van der Waals surface area (Å²) in [6, 6.07) is 4.67. The Balaban J connectivity index is 1.93. The maximum atomic E-state index is 12.4. The summed E-state index contributed by atoms with van der Waals surface area (Å²) in [5.41, 5.74) is -2.15. The average molecular weight is 599 g/mol. The lowest BCUT2D eigenvalue weighted by Gasteiger charge is -2.27. The average Bonchev–Trinajstić information content (AvgIpc) is 2.88. The minimum Gasteiger partial charge on any atom is -0.258 e. The molecular weight excluding hydrogens is 575 g/mol. The maximum absolute atomic E-state index is 12.4. The van der Waals surface area contributed by atoms with E-state index in [-0.39, 0.29) is 20.9 Å². The molecule has 39 heavy (non-hydrogen) atoms. The maximum Gasteiger partial charge on any atom is 0.293 e. The molecule has 208 valence electrons. The highest BCUT2D eigenvalue weighted by molar-refractivity contribution is 7.99. The van der Waals surface area contributed by atoms with Crippen LogP contribution in [0.15, 0.2) is 34.1 Å². The Morgan fingerprint density at radius 3 is 1.26 bits per heavy atom. The van der Waals surface area contributed by atoms with Crippen LogP contribution < -0.4 is 0 Å². The minimum atomic E-state index is -0.725. The van der Waals surface area contributed by atoms with E-state index in [2.05, 4.69) is 0 Å². The Kier molecular flexibility index (Phi) is 8.92. The quantitative estimate of drug-likeness (QED) is 0.165. The number of hydrogen-bond acceptors (Lipinski definition) is 9. The molecule has 0 heterocycles. The molecule has 2 saturated carbocycles. The molecule has 4 unspecified atom stereocenters. The molecule has 2 fully saturated rings. The Bertz CT molecular complexity index is 1240. The second kappa shape index (κ2) is 12.0. The van der Waals surface area contributed by atoms with E-state index >= 15 is 0 Å². The van der Waals surface area contributed by atoms with Crippen LogP contribution in [0.5, 0.6) is 0 Å². The van der Waals surface area contributed by atoms with Crippen molar-refractivity contribution in [2.75, 3.05) is 0 Å². The van der Waals surface area contributed by atoms with E-state index < -0.39 is 65.0 Å². The van der Waals surface area contributed by atoms with E-state index in [1.54, 1.807) is 0 Å². The van der Waals surface area contributed by atoms with Gasteiger partial charge in [0.25, 0.3) is 22.7 Å². The summed E-state index contributed by atoms with van der Waals surface area (Å²) in [6.07, 6.45) is 4.89. The molecule has 0 spiro atoms. The zero-order valence-electron chi connectivity index (χ0n) is 20.5. The van der Waals surface area contributed by atoms with E-state index in [1.807, 2.05) is 0 Å². The van der Waals surface area contributed by atoms with Crippen molar-refractivity contribution in [3.8, 4) is 0 Å². The second-order valence-electron chi connectivity index (χ2n) is 9.63. The highest BCUT2D eigenvalue weighted by Gasteiger charge is 2.41. The lowest BCUT2D eigenvalue weighted by Crippen LogP contribution is -2.20. The van der Waals surface area contributed by atoms with Gasteiger partial charge in [-0.1, -0.05) is 37.4 Å². The Hall–Kier alpha value is -3.03. The predicted octanol–water partition coefficient (Wildman–Crippen LogP) is 8.00. The zero-order valence-corrected chi connectivity index (χ0v) is 22.8. The van der Waals surface area contributed by atoms with Crippen molar-refractivity contribution in [1.29, 1.82) is 0 Å². The third kappa shape index (κ3) is 5.80. The Morgan fingerprint density at radius 2 is 0.949 bits per heavy atom. The van der Waals surface area contributed by atoms with Gasteiger partial charge in [-0.2, -0.15) is 0 Å². The van der Waals surface area contributed by atoms with Crippen LogP contribution in [0.1, 0.15) is 74.3 Å². The van der Waals surface area contributed by atoms with Crippen molar-refractivity contribution < 1.29 is 19.7 Å². The van der Waals surface area contributed by atoms with Gasteiger partial charge in [0.15, 0.2) is 0 Å². The molecule has 0 amide bonds. The monoisotopic (exact) mass is 598 g/mol. The van der Waals surface area contributed by atoms with Gasteiger partial charge in [-0.05, 0) is 37.8 Å². The summed E-state index contributed by atoms with van der Waals surface area (Å²) in [6.45, 7) is 0. The van der Waals surface area contributed by atoms with Crippen LogP contribution in [0.25, 0.3) is 0 Å². The van der Waals surface area contributed by atoms with Crippen LogP contribution in [-0.4, -0.2) is 30.4 Å². The molecule has 0 radical (unpaired) electrons. The summed E-state index contributed by atoms with van der Waals surface area (Å²) in [5, 5.41) is 47.4. The number of rotatable bonds is 8. The molecule has 0 aliphatic heterocycles. The van der Waals surface area contributed by atoms with Crippen molar-refractivity contribution in [2.45, 2.75) is 83.7 Å². The highest BCUT2D eigenvalue weighted by Crippen LogP contribution is 2.52. The molecule has 0 saturated heterocycles. The van der Waals surface area contributed by atoms with Crippen LogP contribution in [0.2, 0.25) is 0 Å². The number of benzene rings is 2. The Labute approximate surface area is 236 Å². The van der Waals surface area contributed by atoms with Crippen LogP contribution in [0.4, 0.5) is 22.7 Å². The lowest BCUT2D eigenvalue weighted by molar-refractivity contribution is -0.397. The molecule has 15 heteroatoms. The van der Waals surface area contributed by atoms with Crippen LogP contribution in [-0.2, 0) is 0 Å². The van der Waals surface area contributed by atoms with E-state index in [0.29, 0.717) is 50.3 Å². The SMILES string of the molecule is O=[N+]([O-])c1ccc(Sc2ccc([N+](=O)[O-])c(C3CCCCC3Cl)c2[N+](=O)[O-])c([N+](=O)[O-])c1C1CCCCC1Cl. The molecule has 4 rings (SSSR count). The summed E-state index contributed by atoms with van der Waals surface area (Å²) in [7, 11) is 0. The largest absolute Gasteiger partial charge is 0.293 e. The number of halogens is 2. The van der Waals surface area contributed by atoms with Gasteiger partial charge >= 0.3 is 0 Å². The van der Waals surface area contributed by atoms with Gasteiger partial charge in [-0.15, -0.1) is 23.2 Å². The lowest BCUT2D eigenvalue weighted by atomic mass is 9.82. The van der Waals surface area contributed by atoms with Crippen molar-refractivity contribution in [3.63, 3.8) is 0 Å². The van der Waals surface area contributed by atoms with Gasteiger partial charge in [0.2, 0.25) is 0 Å². The van der Waals surface area contributed by atoms with Gasteiger partial charge in [-0.3, -0.25) is 40.5 Å². The number of nitrogens with zero attached hydrogens (tertiary/aromatic N) is 4. The van der Waals surface area contributed by atoms with Crippen molar-refractivity contribution >= 4 is 57.7 Å². The number of hydrogen-bond donors (Lipinski definition) is 0. The Morgan fingerprint density at radius 1 is 0.590 bits per heavy atom. The van der Waals surface area contributed by atoms with Gasteiger partial charge in [-0.25, -0.2) is 0 Å². The molecule has 2 aliphatic carbocycles. The van der Waals surface area contributed by atoms with Gasteiger partial charge in [0, 0.05) is 34.7 Å². The van der Waals surface area contributed by atoms with E-state index in [9.17, 15) is 40.5 Å². The first-order valence-electron chi connectivity index (χ1n) is 12.4. The standard InChI is InChI=1S/C24H24Cl2N4O8S/c25-15-7-3-1-5-13(15)21-17(27(31)32)9-11-19(23(21)29(35)36)39-20-12-10-18(28(33)34)22(24(20)30(37)38)14-6-2-4-8-16(14)26/h9-16H,1-8H2. The normalized spacial score (nSPS) is 23.2. The fraction of sp³-hybridized carbons (Fsp3) is 0.500. The third-order valence-corrected chi connectivity index (χ3v) is 9.54. The molecule has 4 atom stereocenters. The van der Waals surface area contributed by atoms with Gasteiger partial charge < -0.3 is 0 Å². The molecular formula is C24H24Cl2N4O8S. The fourth-order valence-electron chi connectivity index (χ4n) is 5.69.